The highest BCUT2D eigenvalue weighted by Gasteiger charge is 2.22. The van der Waals surface area contributed by atoms with Crippen molar-refractivity contribution in [1.82, 2.24) is 5.32 Å². The van der Waals surface area contributed by atoms with E-state index in [0.29, 0.717) is 0 Å². The zero-order valence-corrected chi connectivity index (χ0v) is 19.9. The molecule has 0 heterocycles. The summed E-state index contributed by atoms with van der Waals surface area (Å²) in [6.07, 6.45) is 1.10. The van der Waals surface area contributed by atoms with Crippen molar-refractivity contribution >= 4 is 58.2 Å². The quantitative estimate of drug-likeness (QED) is 0.229. The third-order valence-corrected chi connectivity index (χ3v) is 5.31. The van der Waals surface area contributed by atoms with Crippen molar-refractivity contribution in [1.29, 1.82) is 0 Å². The second-order valence-electron chi connectivity index (χ2n) is 7.05. The van der Waals surface area contributed by atoms with E-state index >= 15 is 0 Å². The van der Waals surface area contributed by atoms with E-state index in [2.05, 4.69) is 10.6 Å². The molecule has 11 nitrogen and oxygen atoms in total. The maximum Gasteiger partial charge on any atom is 0.311 e. The number of nitro benzene ring substituents is 2. The van der Waals surface area contributed by atoms with Crippen LogP contribution in [-0.4, -0.2) is 28.8 Å². The van der Waals surface area contributed by atoms with E-state index in [0.717, 1.165) is 12.1 Å². The van der Waals surface area contributed by atoms with Crippen LogP contribution in [0.2, 0.25) is 10.0 Å². The van der Waals surface area contributed by atoms with Gasteiger partial charge in [0.1, 0.15) is 5.70 Å². The van der Waals surface area contributed by atoms with Crippen LogP contribution in [0.4, 0.5) is 17.1 Å². The maximum absolute atomic E-state index is 13.1. The van der Waals surface area contributed by atoms with Gasteiger partial charge in [-0.05, 0) is 42.5 Å². The zero-order chi connectivity index (χ0) is 26.4. The van der Waals surface area contributed by atoms with E-state index < -0.39 is 33.0 Å². The Balaban J connectivity index is 2.03. The summed E-state index contributed by atoms with van der Waals surface area (Å²) in [5, 5.41) is 28.0. The Morgan fingerprint density at radius 3 is 2.31 bits per heavy atom. The predicted octanol–water partition coefficient (Wildman–Crippen LogP) is 5.23. The fourth-order valence-corrected chi connectivity index (χ4v) is 3.38. The van der Waals surface area contributed by atoms with Gasteiger partial charge >= 0.3 is 5.69 Å². The van der Waals surface area contributed by atoms with Crippen molar-refractivity contribution in [3.05, 3.63) is 108 Å². The number of ether oxygens (including phenoxy) is 1. The highest BCUT2D eigenvalue weighted by atomic mass is 35.5. The van der Waals surface area contributed by atoms with E-state index in [4.69, 9.17) is 27.9 Å². The third-order valence-electron chi connectivity index (χ3n) is 4.74. The van der Waals surface area contributed by atoms with Crippen molar-refractivity contribution in [2.45, 2.75) is 0 Å². The molecule has 0 aromatic heterocycles. The van der Waals surface area contributed by atoms with Crippen LogP contribution < -0.4 is 15.4 Å². The van der Waals surface area contributed by atoms with Crippen molar-refractivity contribution < 1.29 is 24.2 Å². The molecule has 0 spiro atoms. The van der Waals surface area contributed by atoms with E-state index in [1.807, 2.05) is 0 Å². The van der Waals surface area contributed by atoms with Crippen LogP contribution in [0.15, 0.2) is 66.4 Å². The number of anilines is 1. The van der Waals surface area contributed by atoms with Gasteiger partial charge in [0.15, 0.2) is 5.75 Å². The Morgan fingerprint density at radius 2 is 1.64 bits per heavy atom. The molecule has 0 aliphatic carbocycles. The lowest BCUT2D eigenvalue weighted by molar-refractivity contribution is -0.385. The van der Waals surface area contributed by atoms with E-state index in [-0.39, 0.29) is 38.3 Å². The number of amides is 2. The standard InChI is InChI=1S/C23H16Cl2N4O7/c1-36-21-9-6-14(11-20(21)29(34)35)22(30)27-18(10-13-4-2-3-5-19(13)28(32)33)23(31)26-17-12-15(24)7-8-16(17)25/h2-12H,1H3,(H,26,31)(H,27,30). The van der Waals surface area contributed by atoms with Crippen LogP contribution in [0.1, 0.15) is 15.9 Å². The molecule has 184 valence electrons. The molecule has 2 N–H and O–H groups in total. The third kappa shape index (κ3) is 6.14. The van der Waals surface area contributed by atoms with Crippen LogP contribution in [-0.2, 0) is 4.79 Å². The van der Waals surface area contributed by atoms with E-state index in [1.54, 1.807) is 0 Å². The van der Waals surface area contributed by atoms with E-state index in [1.165, 1.54) is 61.7 Å². The summed E-state index contributed by atoms with van der Waals surface area (Å²) >= 11 is 12.1. The summed E-state index contributed by atoms with van der Waals surface area (Å²) in [6, 6.07) is 13.3. The number of carbonyl (C=O) groups is 2. The van der Waals surface area contributed by atoms with Crippen LogP contribution >= 0.6 is 23.2 Å². The molecule has 0 saturated carbocycles. The Hall–Kier alpha value is -4.48. The van der Waals surface area contributed by atoms with Crippen LogP contribution in [0.5, 0.6) is 5.75 Å². The number of benzene rings is 3. The number of hydrogen-bond donors (Lipinski definition) is 2. The van der Waals surface area contributed by atoms with Crippen molar-refractivity contribution in [2.75, 3.05) is 12.4 Å². The molecule has 0 aliphatic rings. The van der Waals surface area contributed by atoms with Gasteiger partial charge in [-0.15, -0.1) is 0 Å². The van der Waals surface area contributed by atoms with Gasteiger partial charge in [-0.2, -0.15) is 0 Å². The summed E-state index contributed by atoms with van der Waals surface area (Å²) in [5.74, 6) is -1.84. The minimum absolute atomic E-state index is 0.0193. The van der Waals surface area contributed by atoms with Gasteiger partial charge in [-0.3, -0.25) is 29.8 Å². The maximum atomic E-state index is 13.1. The van der Waals surface area contributed by atoms with E-state index in [9.17, 15) is 29.8 Å². The van der Waals surface area contributed by atoms with Gasteiger partial charge in [-0.1, -0.05) is 35.3 Å². The molecule has 3 aromatic rings. The second kappa shape index (κ2) is 11.3. The van der Waals surface area contributed by atoms with Gasteiger partial charge in [0.2, 0.25) is 0 Å². The molecule has 0 atom stereocenters. The molecular weight excluding hydrogens is 515 g/mol. The lowest BCUT2D eigenvalue weighted by Crippen LogP contribution is -2.31. The smallest absolute Gasteiger partial charge is 0.311 e. The molecule has 3 rings (SSSR count). The van der Waals surface area contributed by atoms with Gasteiger partial charge < -0.3 is 15.4 Å². The number of halogens is 2. The first-order valence-corrected chi connectivity index (χ1v) is 10.7. The first-order valence-electron chi connectivity index (χ1n) is 9.96. The fourth-order valence-electron chi connectivity index (χ4n) is 3.04. The lowest BCUT2D eigenvalue weighted by atomic mass is 10.1. The normalized spacial score (nSPS) is 10.9. The monoisotopic (exact) mass is 530 g/mol. The summed E-state index contributed by atoms with van der Waals surface area (Å²) < 4.78 is 4.93. The number of carbonyl (C=O) groups excluding carboxylic acids is 2. The highest BCUT2D eigenvalue weighted by molar-refractivity contribution is 6.36. The second-order valence-corrected chi connectivity index (χ2v) is 7.89. The number of nitrogens with one attached hydrogen (secondary N) is 2. The summed E-state index contributed by atoms with van der Waals surface area (Å²) in [6.45, 7) is 0. The minimum Gasteiger partial charge on any atom is -0.490 e. The fraction of sp³-hybridized carbons (Fsp3) is 0.0435. The number of hydrogen-bond acceptors (Lipinski definition) is 7. The Kier molecular flexibility index (Phi) is 8.20. The average Bonchev–Trinajstić information content (AvgIpc) is 2.85. The summed E-state index contributed by atoms with van der Waals surface area (Å²) in [5.41, 5.74) is -1.21. The Bertz CT molecular complexity index is 1410. The topological polar surface area (TPSA) is 154 Å². The molecule has 13 heteroatoms. The molecule has 0 fully saturated rings. The molecule has 36 heavy (non-hydrogen) atoms. The molecule has 2 amide bonds. The van der Waals surface area contributed by atoms with Gasteiger partial charge in [0.25, 0.3) is 17.5 Å². The lowest BCUT2D eigenvalue weighted by Gasteiger charge is -2.13. The first kappa shape index (κ1) is 26.1. The summed E-state index contributed by atoms with van der Waals surface area (Å²) in [4.78, 5) is 47.4. The number of methoxy groups -OCH3 is 1. The largest absolute Gasteiger partial charge is 0.490 e. The SMILES string of the molecule is COc1ccc(C(=O)NC(=Cc2ccccc2[N+](=O)[O-])C(=O)Nc2cc(Cl)ccc2Cl)cc1[N+](=O)[O-]. The zero-order valence-electron chi connectivity index (χ0n) is 18.4. The number of para-hydroxylation sites is 1. The highest BCUT2D eigenvalue weighted by Crippen LogP contribution is 2.29. The Morgan fingerprint density at radius 1 is 0.944 bits per heavy atom. The Labute approximate surface area is 213 Å². The van der Waals surface area contributed by atoms with Crippen LogP contribution in [0, 0.1) is 20.2 Å². The molecule has 0 bridgehead atoms. The molecule has 0 aliphatic heterocycles. The number of rotatable bonds is 8. The van der Waals surface area contributed by atoms with Gasteiger partial charge in [-0.25, -0.2) is 0 Å². The molecular formula is C23H16Cl2N4O7. The summed E-state index contributed by atoms with van der Waals surface area (Å²) in [7, 11) is 1.24. The van der Waals surface area contributed by atoms with Crippen LogP contribution in [0.25, 0.3) is 6.08 Å². The number of nitro groups is 2. The van der Waals surface area contributed by atoms with Gasteiger partial charge in [0.05, 0.1) is 33.2 Å². The predicted molar refractivity (Wildman–Crippen MR) is 133 cm³/mol. The first-order chi connectivity index (χ1) is 17.1. The van der Waals surface area contributed by atoms with Gasteiger partial charge in [0, 0.05) is 22.7 Å². The number of nitrogens with zero attached hydrogens (tertiary/aromatic N) is 2. The molecule has 3 aromatic carbocycles. The molecule has 0 unspecified atom stereocenters. The van der Waals surface area contributed by atoms with Crippen LogP contribution in [0.3, 0.4) is 0 Å². The molecule has 0 radical (unpaired) electrons. The molecule has 0 saturated heterocycles. The van der Waals surface area contributed by atoms with Crippen molar-refractivity contribution in [3.63, 3.8) is 0 Å². The van der Waals surface area contributed by atoms with Crippen molar-refractivity contribution in [2.24, 2.45) is 0 Å². The average molecular weight is 531 g/mol. The minimum atomic E-state index is -0.891. The van der Waals surface area contributed by atoms with Crippen molar-refractivity contribution in [3.8, 4) is 5.75 Å².